The van der Waals surface area contributed by atoms with E-state index in [1.54, 1.807) is 6.92 Å². The zero-order chi connectivity index (χ0) is 13.4. The molecule has 0 bridgehead atoms. The average molecular weight is 258 g/mol. The van der Waals surface area contributed by atoms with Gasteiger partial charge >= 0.3 is 0 Å². The molecule has 1 saturated heterocycles. The highest BCUT2D eigenvalue weighted by atomic mass is 16.2. The standard InChI is InChI=1S/C14H18N4O/c1-11-7-13-9-15-10-18(13)14(8-11)17-5-3-16(4-6-17)12(2)19/h7-10H,3-6H2,1-2H3. The van der Waals surface area contributed by atoms with Crippen LogP contribution in [0.15, 0.2) is 24.7 Å². The molecule has 1 aliphatic rings. The van der Waals surface area contributed by atoms with Crippen molar-refractivity contribution in [2.45, 2.75) is 13.8 Å². The van der Waals surface area contributed by atoms with Crippen molar-refractivity contribution in [3.63, 3.8) is 0 Å². The Morgan fingerprint density at radius 1 is 1.21 bits per heavy atom. The Bertz CT molecular complexity index is 611. The van der Waals surface area contributed by atoms with Crippen molar-refractivity contribution in [3.05, 3.63) is 30.2 Å². The van der Waals surface area contributed by atoms with Gasteiger partial charge in [0, 0.05) is 33.1 Å². The number of aromatic nitrogens is 2. The van der Waals surface area contributed by atoms with E-state index in [4.69, 9.17) is 0 Å². The number of piperazine rings is 1. The number of pyridine rings is 1. The third kappa shape index (κ3) is 2.16. The zero-order valence-electron chi connectivity index (χ0n) is 11.3. The molecule has 0 spiro atoms. The molecule has 0 N–H and O–H groups in total. The van der Waals surface area contributed by atoms with E-state index >= 15 is 0 Å². The molecular weight excluding hydrogens is 240 g/mol. The third-order valence-corrected chi connectivity index (χ3v) is 3.70. The maximum atomic E-state index is 11.4. The van der Waals surface area contributed by atoms with Crippen molar-refractivity contribution in [2.75, 3.05) is 31.1 Å². The van der Waals surface area contributed by atoms with Crippen LogP contribution in [0.1, 0.15) is 12.5 Å². The first-order valence-electron chi connectivity index (χ1n) is 6.58. The number of imidazole rings is 1. The smallest absolute Gasteiger partial charge is 0.219 e. The van der Waals surface area contributed by atoms with E-state index in [0.29, 0.717) is 0 Å². The summed E-state index contributed by atoms with van der Waals surface area (Å²) >= 11 is 0. The lowest BCUT2D eigenvalue weighted by molar-refractivity contribution is -0.129. The predicted octanol–water partition coefficient (Wildman–Crippen LogP) is 1.31. The van der Waals surface area contributed by atoms with Crippen LogP contribution in [0.25, 0.3) is 5.52 Å². The second kappa shape index (κ2) is 4.57. The summed E-state index contributed by atoms with van der Waals surface area (Å²) in [6.07, 6.45) is 3.73. The van der Waals surface area contributed by atoms with E-state index in [-0.39, 0.29) is 5.91 Å². The van der Waals surface area contributed by atoms with E-state index in [2.05, 4.69) is 33.3 Å². The van der Waals surface area contributed by atoms with Crippen molar-refractivity contribution < 1.29 is 4.79 Å². The van der Waals surface area contributed by atoms with Gasteiger partial charge in [0.15, 0.2) is 0 Å². The molecule has 5 heteroatoms. The topological polar surface area (TPSA) is 40.9 Å². The molecule has 1 fully saturated rings. The van der Waals surface area contributed by atoms with E-state index in [9.17, 15) is 4.79 Å². The lowest BCUT2D eigenvalue weighted by Gasteiger charge is -2.35. The number of carbonyl (C=O) groups is 1. The molecule has 19 heavy (non-hydrogen) atoms. The minimum absolute atomic E-state index is 0.164. The van der Waals surface area contributed by atoms with E-state index in [0.717, 1.165) is 37.5 Å². The molecule has 0 aromatic carbocycles. The van der Waals surface area contributed by atoms with Gasteiger partial charge in [-0.2, -0.15) is 0 Å². The van der Waals surface area contributed by atoms with Gasteiger partial charge in [-0.15, -0.1) is 0 Å². The summed E-state index contributed by atoms with van der Waals surface area (Å²) in [4.78, 5) is 19.8. The van der Waals surface area contributed by atoms with E-state index < -0.39 is 0 Å². The number of rotatable bonds is 1. The molecule has 100 valence electrons. The lowest BCUT2D eigenvalue weighted by atomic mass is 10.2. The number of fused-ring (bicyclic) bond motifs is 1. The van der Waals surface area contributed by atoms with Crippen LogP contribution < -0.4 is 4.90 Å². The molecule has 3 rings (SSSR count). The maximum absolute atomic E-state index is 11.4. The Hall–Kier alpha value is -2.04. The summed E-state index contributed by atoms with van der Waals surface area (Å²) in [7, 11) is 0. The largest absolute Gasteiger partial charge is 0.354 e. The summed E-state index contributed by atoms with van der Waals surface area (Å²) in [5, 5.41) is 0. The lowest BCUT2D eigenvalue weighted by Crippen LogP contribution is -2.48. The van der Waals surface area contributed by atoms with Crippen LogP contribution in [-0.2, 0) is 4.79 Å². The van der Waals surface area contributed by atoms with Crippen molar-refractivity contribution in [1.82, 2.24) is 14.3 Å². The molecule has 3 heterocycles. The van der Waals surface area contributed by atoms with Gasteiger partial charge in [0.1, 0.15) is 12.1 Å². The fourth-order valence-corrected chi connectivity index (χ4v) is 2.65. The number of anilines is 1. The second-order valence-corrected chi connectivity index (χ2v) is 5.07. The summed E-state index contributed by atoms with van der Waals surface area (Å²) < 4.78 is 2.11. The minimum atomic E-state index is 0.164. The van der Waals surface area contributed by atoms with Crippen LogP contribution in [0.2, 0.25) is 0 Å². The SMILES string of the molecule is CC(=O)N1CCN(c2cc(C)cc3cncn23)CC1. The van der Waals surface area contributed by atoms with Gasteiger partial charge in [0.25, 0.3) is 0 Å². The number of nitrogens with zero attached hydrogens (tertiary/aromatic N) is 4. The number of hydrogen-bond acceptors (Lipinski definition) is 3. The summed E-state index contributed by atoms with van der Waals surface area (Å²) in [5.74, 6) is 1.33. The highest BCUT2D eigenvalue weighted by Gasteiger charge is 2.20. The molecule has 0 radical (unpaired) electrons. The van der Waals surface area contributed by atoms with E-state index in [1.807, 2.05) is 17.4 Å². The Labute approximate surface area is 112 Å². The van der Waals surface area contributed by atoms with Crippen LogP contribution in [0.5, 0.6) is 0 Å². The fourth-order valence-electron chi connectivity index (χ4n) is 2.65. The Morgan fingerprint density at radius 3 is 2.63 bits per heavy atom. The molecule has 0 aliphatic carbocycles. The fraction of sp³-hybridized carbons (Fsp3) is 0.429. The highest BCUT2D eigenvalue weighted by molar-refractivity contribution is 5.73. The van der Waals surface area contributed by atoms with Crippen LogP contribution >= 0.6 is 0 Å². The molecule has 5 nitrogen and oxygen atoms in total. The first kappa shape index (κ1) is 12.0. The maximum Gasteiger partial charge on any atom is 0.219 e. The van der Waals surface area contributed by atoms with Crippen molar-refractivity contribution >= 4 is 17.2 Å². The van der Waals surface area contributed by atoms with Gasteiger partial charge in [0.05, 0.1) is 11.7 Å². The summed E-state index contributed by atoms with van der Waals surface area (Å²) in [5.41, 5.74) is 2.35. The van der Waals surface area contributed by atoms with Crippen LogP contribution in [0, 0.1) is 6.92 Å². The molecule has 1 aliphatic heterocycles. The highest BCUT2D eigenvalue weighted by Crippen LogP contribution is 2.21. The molecule has 2 aromatic heterocycles. The molecule has 1 amide bonds. The monoisotopic (exact) mass is 258 g/mol. The first-order valence-corrected chi connectivity index (χ1v) is 6.58. The Morgan fingerprint density at radius 2 is 1.95 bits per heavy atom. The quantitative estimate of drug-likeness (QED) is 0.774. The molecular formula is C14H18N4O. The zero-order valence-corrected chi connectivity index (χ0v) is 11.3. The Kier molecular flexibility index (Phi) is 2.89. The number of hydrogen-bond donors (Lipinski definition) is 0. The molecule has 0 atom stereocenters. The van der Waals surface area contributed by atoms with Gasteiger partial charge in [-0.25, -0.2) is 4.98 Å². The van der Waals surface area contributed by atoms with Crippen molar-refractivity contribution in [2.24, 2.45) is 0 Å². The van der Waals surface area contributed by atoms with Gasteiger partial charge in [0.2, 0.25) is 5.91 Å². The van der Waals surface area contributed by atoms with Crippen LogP contribution in [0.4, 0.5) is 5.82 Å². The summed E-state index contributed by atoms with van der Waals surface area (Å²) in [6, 6.07) is 4.31. The molecule has 0 unspecified atom stereocenters. The van der Waals surface area contributed by atoms with Crippen LogP contribution in [0.3, 0.4) is 0 Å². The second-order valence-electron chi connectivity index (χ2n) is 5.07. The first-order chi connectivity index (χ1) is 9.15. The number of aryl methyl sites for hydroxylation is 1. The van der Waals surface area contributed by atoms with Gasteiger partial charge in [-0.1, -0.05) is 0 Å². The average Bonchev–Trinajstić information content (AvgIpc) is 2.85. The summed E-state index contributed by atoms with van der Waals surface area (Å²) in [6.45, 7) is 7.06. The third-order valence-electron chi connectivity index (χ3n) is 3.70. The van der Waals surface area contributed by atoms with Gasteiger partial charge in [-0.3, -0.25) is 9.20 Å². The number of carbonyl (C=O) groups excluding carboxylic acids is 1. The van der Waals surface area contributed by atoms with Crippen LogP contribution in [-0.4, -0.2) is 46.4 Å². The Balaban J connectivity index is 1.89. The normalized spacial score (nSPS) is 16.1. The van der Waals surface area contributed by atoms with Gasteiger partial charge < -0.3 is 9.80 Å². The van der Waals surface area contributed by atoms with Gasteiger partial charge in [-0.05, 0) is 24.6 Å². The molecule has 2 aromatic rings. The van der Waals surface area contributed by atoms with E-state index in [1.165, 1.54) is 5.56 Å². The number of amides is 1. The van der Waals surface area contributed by atoms with Crippen molar-refractivity contribution in [1.29, 1.82) is 0 Å². The minimum Gasteiger partial charge on any atom is -0.354 e. The predicted molar refractivity (Wildman–Crippen MR) is 74.4 cm³/mol. The van der Waals surface area contributed by atoms with Crippen molar-refractivity contribution in [3.8, 4) is 0 Å². The molecule has 0 saturated carbocycles.